The van der Waals surface area contributed by atoms with Crippen molar-refractivity contribution < 1.29 is 25.5 Å². The van der Waals surface area contributed by atoms with Crippen molar-refractivity contribution in [2.24, 2.45) is 0 Å². The van der Waals surface area contributed by atoms with Gasteiger partial charge in [-0.25, -0.2) is 0 Å². The summed E-state index contributed by atoms with van der Waals surface area (Å²) in [5.74, 6) is -4.12. The molecular formula is C54H43N3O5S. The van der Waals surface area contributed by atoms with Crippen LogP contribution in [0.1, 0.15) is 29.9 Å². The van der Waals surface area contributed by atoms with E-state index in [0.717, 1.165) is 68.7 Å². The van der Waals surface area contributed by atoms with Crippen molar-refractivity contribution in [2.45, 2.75) is 28.9 Å². The van der Waals surface area contributed by atoms with E-state index in [1.165, 1.54) is 10.5 Å². The van der Waals surface area contributed by atoms with E-state index in [1.807, 2.05) is 78.5 Å². The van der Waals surface area contributed by atoms with Crippen LogP contribution in [-0.4, -0.2) is 40.2 Å². The Morgan fingerprint density at radius 1 is 0.762 bits per heavy atom. The third-order valence-corrected chi connectivity index (χ3v) is 13.4. The van der Waals surface area contributed by atoms with E-state index in [9.17, 15) is 25.5 Å². The van der Waals surface area contributed by atoms with Crippen molar-refractivity contribution in [2.75, 3.05) is 4.90 Å². The van der Waals surface area contributed by atoms with Crippen molar-refractivity contribution >= 4 is 50.5 Å². The van der Waals surface area contributed by atoms with Crippen LogP contribution in [0.15, 0.2) is 211 Å². The fourth-order valence-electron chi connectivity index (χ4n) is 9.01. The zero-order chi connectivity index (χ0) is 43.4. The molecule has 4 aliphatic rings. The van der Waals surface area contributed by atoms with E-state index in [1.54, 1.807) is 4.57 Å². The van der Waals surface area contributed by atoms with Crippen LogP contribution in [0.3, 0.4) is 0 Å². The number of hydrogen-bond donors (Lipinski definition) is 5. The molecule has 5 N–H and O–H groups in total. The van der Waals surface area contributed by atoms with Crippen LogP contribution in [0.5, 0.6) is 28.7 Å². The second kappa shape index (κ2) is 15.9. The number of allylic oxidation sites excluding steroid dienone is 14. The first kappa shape index (κ1) is 39.4. The van der Waals surface area contributed by atoms with Gasteiger partial charge in [-0.2, -0.15) is 0 Å². The number of aromatic hydroxyl groups is 5. The normalized spacial score (nSPS) is 19.5. The maximum absolute atomic E-state index is 11.1. The molecule has 0 saturated heterocycles. The van der Waals surface area contributed by atoms with Gasteiger partial charge in [0.15, 0.2) is 11.5 Å². The molecule has 0 bridgehead atoms. The zero-order valence-electron chi connectivity index (χ0n) is 34.1. The van der Waals surface area contributed by atoms with Crippen LogP contribution in [0.25, 0.3) is 33.1 Å². The van der Waals surface area contributed by atoms with Gasteiger partial charge in [-0.05, 0) is 108 Å². The molecule has 2 unspecified atom stereocenters. The number of benzene rings is 5. The van der Waals surface area contributed by atoms with Gasteiger partial charge in [-0.15, -0.1) is 11.8 Å². The summed E-state index contributed by atoms with van der Waals surface area (Å²) in [5, 5.41) is 55.6. The topological polar surface area (TPSA) is 113 Å². The highest BCUT2D eigenvalue weighted by atomic mass is 32.2. The second-order valence-corrected chi connectivity index (χ2v) is 17.0. The average molecular weight is 846 g/mol. The van der Waals surface area contributed by atoms with E-state index < -0.39 is 28.7 Å². The molecular weight excluding hydrogens is 803 g/mol. The number of aromatic nitrogens is 1. The van der Waals surface area contributed by atoms with Crippen LogP contribution >= 0.6 is 11.8 Å². The smallest absolute Gasteiger partial charge is 0.208 e. The highest BCUT2D eigenvalue weighted by Gasteiger charge is 2.32. The summed E-state index contributed by atoms with van der Waals surface area (Å²) in [6, 6.07) is 30.5. The highest BCUT2D eigenvalue weighted by molar-refractivity contribution is 8.00. The predicted molar refractivity (Wildman–Crippen MR) is 256 cm³/mol. The summed E-state index contributed by atoms with van der Waals surface area (Å²) in [4.78, 5) is 5.71. The van der Waals surface area contributed by atoms with Gasteiger partial charge in [0.1, 0.15) is 5.69 Å². The Labute approximate surface area is 369 Å². The molecule has 3 heterocycles. The van der Waals surface area contributed by atoms with Crippen LogP contribution in [0.2, 0.25) is 0 Å². The Morgan fingerprint density at radius 3 is 2.32 bits per heavy atom. The highest BCUT2D eigenvalue weighted by Crippen LogP contribution is 2.54. The average Bonchev–Trinajstić information content (AvgIpc) is 3.85. The number of fused-ring (bicyclic) bond motifs is 6. The molecule has 2 atom stereocenters. The Kier molecular flexibility index (Phi) is 9.96. The molecule has 2 aliphatic carbocycles. The number of para-hydroxylation sites is 2. The van der Waals surface area contributed by atoms with Crippen LogP contribution < -0.4 is 4.90 Å². The maximum atomic E-state index is 11.1. The Morgan fingerprint density at radius 2 is 1.51 bits per heavy atom. The van der Waals surface area contributed by atoms with Gasteiger partial charge < -0.3 is 39.9 Å². The molecule has 10 rings (SSSR count). The first-order valence-electron chi connectivity index (χ1n) is 20.7. The first-order chi connectivity index (χ1) is 30.7. The predicted octanol–water partition coefficient (Wildman–Crippen LogP) is 12.8. The van der Waals surface area contributed by atoms with Gasteiger partial charge >= 0.3 is 0 Å². The molecule has 310 valence electrons. The van der Waals surface area contributed by atoms with Crippen molar-refractivity contribution in [3.63, 3.8) is 0 Å². The second-order valence-electron chi connectivity index (χ2n) is 15.7. The fraction of sp³-hybridized carbons (Fsp3) is 0.0741. The van der Waals surface area contributed by atoms with Gasteiger partial charge in [-0.1, -0.05) is 98.1 Å². The van der Waals surface area contributed by atoms with Crippen molar-refractivity contribution in [3.05, 3.63) is 217 Å². The van der Waals surface area contributed by atoms with Gasteiger partial charge in [0.05, 0.1) is 11.0 Å². The fourth-order valence-corrected chi connectivity index (χ4v) is 10.3. The molecule has 8 nitrogen and oxygen atoms in total. The number of phenols is 5. The minimum atomic E-state index is -1.02. The Balaban J connectivity index is 1.05. The number of thioether (sulfide) groups is 1. The first-order valence-corrected chi connectivity index (χ1v) is 21.6. The van der Waals surface area contributed by atoms with Crippen molar-refractivity contribution in [1.29, 1.82) is 0 Å². The largest absolute Gasteiger partial charge is 0.503 e. The summed E-state index contributed by atoms with van der Waals surface area (Å²) in [5.41, 5.74) is 9.82. The summed E-state index contributed by atoms with van der Waals surface area (Å²) in [6.45, 7) is 8.80. The number of phenolic OH excluding ortho intramolecular Hbond substituents is 5. The third-order valence-electron chi connectivity index (χ3n) is 12.1. The SMILES string of the molecule is C=C/C(=C\C=C/N(c1ccccc1)c1ccc2c(c1)C1C=CC=CC1S2)N1/C=C\C(c2ccc3c4ccccc4n(-c4c(O)c(O)c(O)c(O)c4O)c3c2)=C/C(=C)C2=C1CCC=C2. The van der Waals surface area contributed by atoms with Gasteiger partial charge in [-0.3, -0.25) is 0 Å². The summed E-state index contributed by atoms with van der Waals surface area (Å²) in [7, 11) is 0. The minimum Gasteiger partial charge on any atom is -0.503 e. The molecule has 6 aromatic rings. The minimum absolute atomic E-state index is 0.270. The molecule has 0 saturated carbocycles. The van der Waals surface area contributed by atoms with Gasteiger partial charge in [0.2, 0.25) is 17.2 Å². The van der Waals surface area contributed by atoms with Crippen molar-refractivity contribution in [3.8, 4) is 34.4 Å². The molecule has 0 radical (unpaired) electrons. The van der Waals surface area contributed by atoms with E-state index >= 15 is 0 Å². The lowest BCUT2D eigenvalue weighted by Gasteiger charge is -2.30. The molecule has 63 heavy (non-hydrogen) atoms. The number of anilines is 2. The molecule has 5 aromatic carbocycles. The number of rotatable bonds is 8. The molecule has 0 fully saturated rings. The lowest BCUT2D eigenvalue weighted by Crippen LogP contribution is -2.19. The lowest BCUT2D eigenvalue weighted by atomic mass is 9.92. The molecule has 9 heteroatoms. The zero-order valence-corrected chi connectivity index (χ0v) is 35.0. The molecule has 1 aromatic heterocycles. The maximum Gasteiger partial charge on any atom is 0.208 e. The lowest BCUT2D eigenvalue weighted by molar-refractivity contribution is 0.327. The summed E-state index contributed by atoms with van der Waals surface area (Å²) >= 11 is 1.92. The monoisotopic (exact) mass is 845 g/mol. The van der Waals surface area contributed by atoms with E-state index in [4.69, 9.17) is 0 Å². The van der Waals surface area contributed by atoms with E-state index in [-0.39, 0.29) is 5.69 Å². The standard InChI is InChI=1S/C54H43N3O5S/c1-3-36(16-13-28-55(37-14-5-4-6-15-37)38-24-26-48-43(32-38)42-19-9-12-22-47(42)63-48)56-29-27-35(30-33(2)39-17-7-10-20-44(39)56)34-23-25-41-40-18-8-11-21-45(40)57(46(41)31-34)49-50(58)52(60)54(62)53(61)51(49)59/h3-9,11-19,21-32,42,47,58-62H,1-2,10,20H2/b28-13-,29-27-,35-30+,36-16+. The number of hydrogen-bond acceptors (Lipinski definition) is 8. The van der Waals surface area contributed by atoms with E-state index in [2.05, 4.69) is 126 Å². The van der Waals surface area contributed by atoms with Crippen LogP contribution in [-0.2, 0) is 0 Å². The molecule has 2 aliphatic heterocycles. The van der Waals surface area contributed by atoms with Gasteiger partial charge in [0, 0.05) is 67.6 Å². The Hall–Kier alpha value is -7.75. The summed E-state index contributed by atoms with van der Waals surface area (Å²) < 4.78 is 1.57. The molecule has 0 amide bonds. The van der Waals surface area contributed by atoms with Gasteiger partial charge in [0.25, 0.3) is 0 Å². The summed E-state index contributed by atoms with van der Waals surface area (Å²) in [6.07, 6.45) is 29.1. The Bertz CT molecular complexity index is 3130. The van der Waals surface area contributed by atoms with Crippen LogP contribution in [0.4, 0.5) is 11.4 Å². The van der Waals surface area contributed by atoms with Crippen molar-refractivity contribution in [1.82, 2.24) is 9.47 Å². The number of nitrogens with zero attached hydrogens (tertiary/aromatic N) is 3. The quantitative estimate of drug-likeness (QED) is 0.0585. The third kappa shape index (κ3) is 6.74. The molecule has 0 spiro atoms. The van der Waals surface area contributed by atoms with E-state index in [0.29, 0.717) is 22.2 Å². The van der Waals surface area contributed by atoms with Crippen LogP contribution in [0, 0.1) is 0 Å².